The molecule has 0 aliphatic carbocycles. The van der Waals surface area contributed by atoms with E-state index in [0.29, 0.717) is 0 Å². The minimum Gasteiger partial charge on any atom is -0.444 e. The Morgan fingerprint density at radius 1 is 1.33 bits per heavy atom. The third-order valence-corrected chi connectivity index (χ3v) is 2.78. The number of ketones is 1. The van der Waals surface area contributed by atoms with Crippen LogP contribution in [-0.4, -0.2) is 41.1 Å². The molecule has 1 rings (SSSR count). The third-order valence-electron chi connectivity index (χ3n) is 2.78. The van der Waals surface area contributed by atoms with Gasteiger partial charge in [-0.05, 0) is 20.8 Å². The van der Waals surface area contributed by atoms with Crippen molar-refractivity contribution in [1.82, 2.24) is 4.90 Å². The fourth-order valence-electron chi connectivity index (χ4n) is 1.96. The molecule has 1 aliphatic rings. The molecule has 0 aromatic heterocycles. The van der Waals surface area contributed by atoms with E-state index in [1.165, 1.54) is 4.90 Å². The van der Waals surface area contributed by atoms with Gasteiger partial charge in [0.05, 0.1) is 12.6 Å². The van der Waals surface area contributed by atoms with Crippen LogP contribution in [0.1, 0.15) is 41.0 Å². The number of carbonyl (C=O) groups is 2. The van der Waals surface area contributed by atoms with Gasteiger partial charge in [0.2, 0.25) is 0 Å². The number of halogens is 1. The van der Waals surface area contributed by atoms with E-state index in [1.54, 1.807) is 34.6 Å². The SMILES string of the molecule is CC(C)C(=O)[C@@H]1C[C@H](F)CN1C(=O)OC(C)(C)C. The highest BCUT2D eigenvalue weighted by atomic mass is 19.1. The van der Waals surface area contributed by atoms with Crippen LogP contribution in [0.3, 0.4) is 0 Å². The predicted octanol–water partition coefficient (Wildman–Crippen LogP) is 2.56. The van der Waals surface area contributed by atoms with Crippen molar-refractivity contribution in [3.8, 4) is 0 Å². The minimum absolute atomic E-state index is 0.0575. The molecule has 1 saturated heterocycles. The maximum atomic E-state index is 13.4. The Morgan fingerprint density at radius 2 is 1.89 bits per heavy atom. The molecule has 0 aromatic carbocycles. The monoisotopic (exact) mass is 259 g/mol. The van der Waals surface area contributed by atoms with Crippen molar-refractivity contribution in [2.75, 3.05) is 6.54 Å². The third kappa shape index (κ3) is 3.68. The average Bonchev–Trinajstić information content (AvgIpc) is 2.56. The lowest BCUT2D eigenvalue weighted by Gasteiger charge is -2.28. The van der Waals surface area contributed by atoms with E-state index in [2.05, 4.69) is 0 Å². The summed E-state index contributed by atoms with van der Waals surface area (Å²) >= 11 is 0. The van der Waals surface area contributed by atoms with Crippen molar-refractivity contribution < 1.29 is 18.7 Å². The average molecular weight is 259 g/mol. The number of hydrogen-bond acceptors (Lipinski definition) is 3. The van der Waals surface area contributed by atoms with Crippen LogP contribution in [0.5, 0.6) is 0 Å². The summed E-state index contributed by atoms with van der Waals surface area (Å²) in [5.74, 6) is -0.328. The van der Waals surface area contributed by atoms with Gasteiger partial charge >= 0.3 is 6.09 Å². The molecular formula is C13H22FNO3. The number of amides is 1. The van der Waals surface area contributed by atoms with Crippen molar-refractivity contribution in [2.24, 2.45) is 5.92 Å². The number of hydrogen-bond donors (Lipinski definition) is 0. The van der Waals surface area contributed by atoms with Gasteiger partial charge in [0.15, 0.2) is 5.78 Å². The zero-order valence-electron chi connectivity index (χ0n) is 11.7. The molecule has 2 atom stereocenters. The minimum atomic E-state index is -1.15. The van der Waals surface area contributed by atoms with Crippen molar-refractivity contribution >= 4 is 11.9 Å². The summed E-state index contributed by atoms with van der Waals surface area (Å²) in [6.07, 6.45) is -1.68. The van der Waals surface area contributed by atoms with Crippen LogP contribution in [0.15, 0.2) is 0 Å². The van der Waals surface area contributed by atoms with E-state index in [4.69, 9.17) is 4.74 Å². The molecule has 18 heavy (non-hydrogen) atoms. The molecule has 0 saturated carbocycles. The standard InChI is InChI=1S/C13H22FNO3/c1-8(2)11(16)10-6-9(14)7-15(10)12(17)18-13(3,4)5/h8-10H,6-7H2,1-5H3/t9-,10-/m0/s1. The summed E-state index contributed by atoms with van der Waals surface area (Å²) < 4.78 is 18.6. The van der Waals surface area contributed by atoms with Crippen molar-refractivity contribution in [3.05, 3.63) is 0 Å². The molecule has 0 radical (unpaired) electrons. The number of likely N-dealkylation sites (tertiary alicyclic amines) is 1. The number of alkyl halides is 1. The molecule has 1 amide bonds. The summed E-state index contributed by atoms with van der Waals surface area (Å²) in [5.41, 5.74) is -0.642. The van der Waals surface area contributed by atoms with Gasteiger partial charge in [0.1, 0.15) is 11.8 Å². The van der Waals surface area contributed by atoms with Gasteiger partial charge in [-0.25, -0.2) is 9.18 Å². The molecule has 1 fully saturated rings. The molecule has 0 unspecified atom stereocenters. The number of carbonyl (C=O) groups excluding carboxylic acids is 2. The number of rotatable bonds is 2. The zero-order chi connectivity index (χ0) is 14.1. The van der Waals surface area contributed by atoms with Crippen LogP contribution >= 0.6 is 0 Å². The summed E-state index contributed by atoms with van der Waals surface area (Å²) in [6, 6.07) is -0.685. The molecular weight excluding hydrogens is 237 g/mol. The lowest BCUT2D eigenvalue weighted by atomic mass is 10.00. The Hall–Kier alpha value is -1.13. The lowest BCUT2D eigenvalue weighted by Crippen LogP contribution is -2.44. The highest BCUT2D eigenvalue weighted by Gasteiger charge is 2.41. The van der Waals surface area contributed by atoms with E-state index in [9.17, 15) is 14.0 Å². The molecule has 104 valence electrons. The van der Waals surface area contributed by atoms with Crippen LogP contribution in [-0.2, 0) is 9.53 Å². The van der Waals surface area contributed by atoms with Gasteiger partial charge in [0, 0.05) is 12.3 Å². The summed E-state index contributed by atoms with van der Waals surface area (Å²) in [7, 11) is 0. The smallest absolute Gasteiger partial charge is 0.411 e. The van der Waals surface area contributed by atoms with Gasteiger partial charge in [0.25, 0.3) is 0 Å². The van der Waals surface area contributed by atoms with E-state index in [0.717, 1.165) is 0 Å². The second-order valence-electron chi connectivity index (χ2n) is 6.04. The van der Waals surface area contributed by atoms with E-state index in [-0.39, 0.29) is 24.7 Å². The van der Waals surface area contributed by atoms with Crippen LogP contribution in [0.25, 0.3) is 0 Å². The fourth-order valence-corrected chi connectivity index (χ4v) is 1.96. The van der Waals surface area contributed by atoms with Crippen LogP contribution in [0.4, 0.5) is 9.18 Å². The van der Waals surface area contributed by atoms with Gasteiger partial charge < -0.3 is 4.74 Å². The maximum absolute atomic E-state index is 13.4. The highest BCUT2D eigenvalue weighted by molar-refractivity contribution is 5.89. The first-order valence-corrected chi connectivity index (χ1v) is 6.29. The molecule has 1 aliphatic heterocycles. The zero-order valence-corrected chi connectivity index (χ0v) is 11.7. The number of Topliss-reactive ketones (excluding diaryl/α,β-unsaturated/α-hetero) is 1. The largest absolute Gasteiger partial charge is 0.444 e. The second-order valence-corrected chi connectivity index (χ2v) is 6.04. The lowest BCUT2D eigenvalue weighted by molar-refractivity contribution is -0.126. The fraction of sp³-hybridized carbons (Fsp3) is 0.846. The Kier molecular flexibility index (Phi) is 4.35. The Labute approximate surface area is 107 Å². The first-order valence-electron chi connectivity index (χ1n) is 6.29. The summed E-state index contributed by atoms with van der Waals surface area (Å²) in [4.78, 5) is 25.1. The molecule has 1 heterocycles. The van der Waals surface area contributed by atoms with E-state index < -0.39 is 23.9 Å². The van der Waals surface area contributed by atoms with E-state index in [1.807, 2.05) is 0 Å². The summed E-state index contributed by atoms with van der Waals surface area (Å²) in [6.45, 7) is 8.67. The quantitative estimate of drug-likeness (QED) is 0.765. The second kappa shape index (κ2) is 5.24. The van der Waals surface area contributed by atoms with Crippen molar-refractivity contribution in [3.63, 3.8) is 0 Å². The summed E-state index contributed by atoms with van der Waals surface area (Å²) in [5, 5.41) is 0. The molecule has 0 bridgehead atoms. The van der Waals surface area contributed by atoms with Crippen molar-refractivity contribution in [2.45, 2.75) is 58.9 Å². The number of ether oxygens (including phenoxy) is 1. The first-order chi connectivity index (χ1) is 8.11. The Balaban J connectivity index is 2.79. The molecule has 0 spiro atoms. The highest BCUT2D eigenvalue weighted by Crippen LogP contribution is 2.25. The van der Waals surface area contributed by atoms with Crippen LogP contribution < -0.4 is 0 Å². The van der Waals surface area contributed by atoms with E-state index >= 15 is 0 Å². The normalized spacial score (nSPS) is 24.5. The van der Waals surface area contributed by atoms with Crippen LogP contribution in [0, 0.1) is 5.92 Å². The Bertz CT molecular complexity index is 336. The Morgan fingerprint density at radius 3 is 2.33 bits per heavy atom. The first kappa shape index (κ1) is 14.9. The molecule has 0 N–H and O–H groups in total. The van der Waals surface area contributed by atoms with Gasteiger partial charge in [-0.1, -0.05) is 13.8 Å². The molecule has 5 heteroatoms. The van der Waals surface area contributed by atoms with Gasteiger partial charge in [-0.15, -0.1) is 0 Å². The van der Waals surface area contributed by atoms with Gasteiger partial charge in [-0.2, -0.15) is 0 Å². The molecule has 4 nitrogen and oxygen atoms in total. The maximum Gasteiger partial charge on any atom is 0.411 e. The van der Waals surface area contributed by atoms with Crippen molar-refractivity contribution in [1.29, 1.82) is 0 Å². The topological polar surface area (TPSA) is 46.6 Å². The van der Waals surface area contributed by atoms with Crippen LogP contribution in [0.2, 0.25) is 0 Å². The van der Waals surface area contributed by atoms with Gasteiger partial charge in [-0.3, -0.25) is 9.69 Å². The predicted molar refractivity (Wildman–Crippen MR) is 66.1 cm³/mol. The molecule has 0 aromatic rings. The number of nitrogens with zero attached hydrogens (tertiary/aromatic N) is 1.